The number of aliphatic carboxylic acids is 1. The predicted octanol–water partition coefficient (Wildman–Crippen LogP) is 2.31. The zero-order chi connectivity index (χ0) is 18.6. The molecule has 0 saturated carbocycles. The molecule has 6 heteroatoms. The van der Waals surface area contributed by atoms with Gasteiger partial charge in [-0.15, -0.1) is 0 Å². The smallest absolute Gasteiger partial charge is 0.334 e. The van der Waals surface area contributed by atoms with Crippen LogP contribution in [0.5, 0.6) is 5.75 Å². The van der Waals surface area contributed by atoms with Gasteiger partial charge in [0, 0.05) is 6.54 Å². The maximum absolute atomic E-state index is 12.9. The molecule has 1 fully saturated rings. The van der Waals surface area contributed by atoms with Crippen molar-refractivity contribution in [3.05, 3.63) is 29.8 Å². The Labute approximate surface area is 148 Å². The summed E-state index contributed by atoms with van der Waals surface area (Å²) >= 11 is 0. The molecule has 138 valence electrons. The van der Waals surface area contributed by atoms with Gasteiger partial charge in [0.2, 0.25) is 5.91 Å². The van der Waals surface area contributed by atoms with E-state index >= 15 is 0 Å². The summed E-state index contributed by atoms with van der Waals surface area (Å²) < 4.78 is 10.9. The molecule has 1 aliphatic rings. The van der Waals surface area contributed by atoms with Gasteiger partial charge in [0.25, 0.3) is 0 Å². The summed E-state index contributed by atoms with van der Waals surface area (Å²) in [6.45, 7) is 9.24. The minimum Gasteiger partial charge on any atom is -0.493 e. The molecule has 25 heavy (non-hydrogen) atoms. The Morgan fingerprint density at radius 1 is 1.32 bits per heavy atom. The van der Waals surface area contributed by atoms with Crippen LogP contribution in [0, 0.1) is 5.92 Å². The number of amides is 1. The van der Waals surface area contributed by atoms with Gasteiger partial charge in [-0.2, -0.15) is 0 Å². The van der Waals surface area contributed by atoms with Crippen molar-refractivity contribution in [3.63, 3.8) is 0 Å². The van der Waals surface area contributed by atoms with Gasteiger partial charge < -0.3 is 19.5 Å². The zero-order valence-corrected chi connectivity index (χ0v) is 15.3. The second-order valence-corrected chi connectivity index (χ2v) is 7.30. The van der Waals surface area contributed by atoms with E-state index in [4.69, 9.17) is 14.6 Å². The van der Waals surface area contributed by atoms with Crippen LogP contribution in [0.25, 0.3) is 0 Å². The molecular weight excluding hydrogens is 322 g/mol. The molecule has 1 unspecified atom stereocenters. The highest BCUT2D eigenvalue weighted by molar-refractivity contribution is 5.88. The molecule has 1 saturated heterocycles. The van der Waals surface area contributed by atoms with Crippen LogP contribution < -0.4 is 4.74 Å². The van der Waals surface area contributed by atoms with Gasteiger partial charge in [0.15, 0.2) is 6.10 Å². The first-order valence-electron chi connectivity index (χ1n) is 8.59. The number of carboxylic acids is 1. The Morgan fingerprint density at radius 2 is 1.96 bits per heavy atom. The first kappa shape index (κ1) is 19.2. The third kappa shape index (κ3) is 4.72. The normalized spacial score (nSPS) is 18.3. The first-order chi connectivity index (χ1) is 11.7. The highest BCUT2D eigenvalue weighted by Crippen LogP contribution is 2.28. The van der Waals surface area contributed by atoms with Crippen molar-refractivity contribution in [1.82, 2.24) is 4.90 Å². The van der Waals surface area contributed by atoms with E-state index in [1.54, 1.807) is 4.90 Å². The molecule has 1 amide bonds. The Morgan fingerprint density at radius 3 is 2.52 bits per heavy atom. The van der Waals surface area contributed by atoms with Crippen LogP contribution in [0.4, 0.5) is 0 Å². The summed E-state index contributed by atoms with van der Waals surface area (Å²) in [5, 5.41) is 9.10. The van der Waals surface area contributed by atoms with Gasteiger partial charge in [-0.3, -0.25) is 4.79 Å². The van der Waals surface area contributed by atoms with Crippen molar-refractivity contribution in [3.8, 4) is 5.75 Å². The van der Waals surface area contributed by atoms with E-state index in [1.165, 1.54) is 0 Å². The molecule has 1 atom stereocenters. The number of hydrogen-bond acceptors (Lipinski definition) is 4. The van der Waals surface area contributed by atoms with Crippen molar-refractivity contribution < 1.29 is 24.2 Å². The average Bonchev–Trinajstić information content (AvgIpc) is 2.59. The van der Waals surface area contributed by atoms with Crippen molar-refractivity contribution in [2.45, 2.75) is 39.2 Å². The van der Waals surface area contributed by atoms with Crippen LogP contribution in [0.2, 0.25) is 0 Å². The molecule has 1 aliphatic heterocycles. The fraction of sp³-hybridized carbons (Fsp3) is 0.579. The summed E-state index contributed by atoms with van der Waals surface area (Å²) in [6, 6.07) is 7.52. The van der Waals surface area contributed by atoms with Crippen molar-refractivity contribution >= 4 is 11.9 Å². The number of benzene rings is 1. The molecule has 0 aromatic heterocycles. The van der Waals surface area contributed by atoms with Gasteiger partial charge in [-0.05, 0) is 37.5 Å². The molecular formula is C19H27NO5. The van der Waals surface area contributed by atoms with Crippen molar-refractivity contribution in [2.75, 3.05) is 26.3 Å². The molecule has 0 bridgehead atoms. The Bertz CT molecular complexity index is 609. The van der Waals surface area contributed by atoms with Gasteiger partial charge >= 0.3 is 5.97 Å². The number of nitrogens with zero attached hydrogens (tertiary/aromatic N) is 1. The van der Waals surface area contributed by atoms with Gasteiger partial charge in [-0.25, -0.2) is 4.79 Å². The number of ether oxygens (including phenoxy) is 2. The SMILES string of the molecule is CC(C)COc1ccc(C(C)(C)C(=O)N2CCOC(C(=O)O)C2)cc1. The molecule has 6 nitrogen and oxygen atoms in total. The van der Waals surface area contributed by atoms with Crippen LogP contribution in [0.1, 0.15) is 33.3 Å². The number of carboxylic acid groups (broad SMARTS) is 1. The summed E-state index contributed by atoms with van der Waals surface area (Å²) in [5.74, 6) is 0.0825. The second-order valence-electron chi connectivity index (χ2n) is 7.30. The number of morpholine rings is 1. The van der Waals surface area contributed by atoms with Crippen molar-refractivity contribution in [1.29, 1.82) is 0 Å². The average molecular weight is 349 g/mol. The van der Waals surface area contributed by atoms with E-state index in [0.29, 0.717) is 19.1 Å². The second kappa shape index (κ2) is 7.87. The summed E-state index contributed by atoms with van der Waals surface area (Å²) in [5.41, 5.74) is 0.115. The van der Waals surface area contributed by atoms with Crippen LogP contribution in [-0.4, -0.2) is 54.3 Å². The van der Waals surface area contributed by atoms with Gasteiger partial charge in [-0.1, -0.05) is 26.0 Å². The van der Waals surface area contributed by atoms with E-state index in [9.17, 15) is 9.59 Å². The summed E-state index contributed by atoms with van der Waals surface area (Å²) in [7, 11) is 0. The highest BCUT2D eigenvalue weighted by atomic mass is 16.5. The Hall–Kier alpha value is -2.08. The number of carbonyl (C=O) groups excluding carboxylic acids is 1. The molecule has 0 aliphatic carbocycles. The minimum absolute atomic E-state index is 0.0766. The number of hydrogen-bond donors (Lipinski definition) is 1. The van der Waals surface area contributed by atoms with Crippen LogP contribution >= 0.6 is 0 Å². The fourth-order valence-electron chi connectivity index (χ4n) is 2.73. The maximum atomic E-state index is 12.9. The Kier molecular flexibility index (Phi) is 6.06. The van der Waals surface area contributed by atoms with Crippen LogP contribution in [-0.2, 0) is 19.7 Å². The largest absolute Gasteiger partial charge is 0.493 e. The van der Waals surface area contributed by atoms with E-state index in [0.717, 1.165) is 11.3 Å². The predicted molar refractivity (Wildman–Crippen MR) is 93.8 cm³/mol. The van der Waals surface area contributed by atoms with E-state index < -0.39 is 17.5 Å². The molecule has 0 radical (unpaired) electrons. The standard InChI is InChI=1S/C19H27NO5/c1-13(2)12-25-15-7-5-14(6-8-15)19(3,4)18(23)20-9-10-24-16(11-20)17(21)22/h5-8,13,16H,9-12H2,1-4H3,(H,21,22). The lowest BCUT2D eigenvalue weighted by Crippen LogP contribution is -2.53. The minimum atomic E-state index is -1.04. The third-order valence-corrected chi connectivity index (χ3v) is 4.32. The first-order valence-corrected chi connectivity index (χ1v) is 8.59. The Balaban J connectivity index is 2.08. The lowest BCUT2D eigenvalue weighted by Gasteiger charge is -2.36. The zero-order valence-electron chi connectivity index (χ0n) is 15.3. The molecule has 0 spiro atoms. The lowest BCUT2D eigenvalue weighted by molar-refractivity contribution is -0.160. The van der Waals surface area contributed by atoms with Crippen molar-refractivity contribution in [2.24, 2.45) is 5.92 Å². The topological polar surface area (TPSA) is 76.1 Å². The molecule has 1 heterocycles. The fourth-order valence-corrected chi connectivity index (χ4v) is 2.73. The summed E-state index contributed by atoms with van der Waals surface area (Å²) in [4.78, 5) is 25.6. The van der Waals surface area contributed by atoms with Gasteiger partial charge in [0.05, 0.1) is 25.2 Å². The summed E-state index contributed by atoms with van der Waals surface area (Å²) in [6.07, 6.45) is -0.958. The van der Waals surface area contributed by atoms with Crippen LogP contribution in [0.3, 0.4) is 0 Å². The molecule has 1 aromatic carbocycles. The molecule has 2 rings (SSSR count). The van der Waals surface area contributed by atoms with E-state index in [1.807, 2.05) is 38.1 Å². The van der Waals surface area contributed by atoms with Crippen LogP contribution in [0.15, 0.2) is 24.3 Å². The van der Waals surface area contributed by atoms with E-state index in [-0.39, 0.29) is 19.1 Å². The van der Waals surface area contributed by atoms with E-state index in [2.05, 4.69) is 13.8 Å². The lowest BCUT2D eigenvalue weighted by atomic mass is 9.83. The molecule has 1 aromatic rings. The van der Waals surface area contributed by atoms with Gasteiger partial charge in [0.1, 0.15) is 5.75 Å². The molecule has 1 N–H and O–H groups in total. The third-order valence-electron chi connectivity index (χ3n) is 4.32. The maximum Gasteiger partial charge on any atom is 0.334 e. The highest BCUT2D eigenvalue weighted by Gasteiger charge is 2.37. The monoisotopic (exact) mass is 349 g/mol. The number of carbonyl (C=O) groups is 2. The number of rotatable bonds is 6. The quantitative estimate of drug-likeness (QED) is 0.853.